The van der Waals surface area contributed by atoms with E-state index in [0.717, 1.165) is 5.56 Å². The fourth-order valence-electron chi connectivity index (χ4n) is 1.98. The third-order valence-electron chi connectivity index (χ3n) is 3.47. The van der Waals surface area contributed by atoms with Crippen molar-refractivity contribution in [2.24, 2.45) is 10.3 Å². The van der Waals surface area contributed by atoms with Gasteiger partial charge >= 0.3 is 0 Å². The SMILES string of the molecule is CC(Br)c1ccc(Cl)c(S(N)(=O)=O)c1.CC(O)c1ccc(Cl)c(S(N)(=O)=O)c1. The van der Waals surface area contributed by atoms with Gasteiger partial charge in [0.25, 0.3) is 0 Å². The largest absolute Gasteiger partial charge is 0.389 e. The van der Waals surface area contributed by atoms with Crippen LogP contribution in [0.15, 0.2) is 46.2 Å². The Morgan fingerprint density at radius 2 is 1.21 bits per heavy atom. The zero-order valence-electron chi connectivity index (χ0n) is 14.8. The molecule has 0 aliphatic rings. The number of hydrogen-bond donors (Lipinski definition) is 3. The van der Waals surface area contributed by atoms with Crippen LogP contribution in [0.25, 0.3) is 0 Å². The number of benzene rings is 2. The highest BCUT2D eigenvalue weighted by Gasteiger charge is 2.15. The second kappa shape index (κ2) is 9.86. The minimum absolute atomic E-state index is 0.0389. The van der Waals surface area contributed by atoms with E-state index in [0.29, 0.717) is 5.56 Å². The summed E-state index contributed by atoms with van der Waals surface area (Å²) in [7, 11) is -7.57. The van der Waals surface area contributed by atoms with Crippen LogP contribution in [0.3, 0.4) is 0 Å². The first-order valence-corrected chi connectivity index (χ1v) is 12.4. The minimum Gasteiger partial charge on any atom is -0.389 e. The minimum atomic E-state index is -3.83. The van der Waals surface area contributed by atoms with Crippen LogP contribution in [0, 0.1) is 0 Å². The van der Waals surface area contributed by atoms with Crippen LogP contribution in [-0.2, 0) is 20.0 Å². The van der Waals surface area contributed by atoms with Gasteiger partial charge in [-0.1, -0.05) is 51.3 Å². The second-order valence-electron chi connectivity index (χ2n) is 5.76. The van der Waals surface area contributed by atoms with Gasteiger partial charge in [-0.2, -0.15) is 0 Å². The van der Waals surface area contributed by atoms with Gasteiger partial charge in [0.05, 0.1) is 16.1 Å². The predicted octanol–water partition coefficient (Wildman–Crippen LogP) is 3.48. The molecule has 7 nitrogen and oxygen atoms in total. The summed E-state index contributed by atoms with van der Waals surface area (Å²) in [6, 6.07) is 8.94. The summed E-state index contributed by atoms with van der Waals surface area (Å²) in [6.45, 7) is 3.41. The Kier molecular flexibility index (Phi) is 8.91. The van der Waals surface area contributed by atoms with Gasteiger partial charge in [0.2, 0.25) is 20.0 Å². The fourth-order valence-corrected chi connectivity index (χ4v) is 4.43. The van der Waals surface area contributed by atoms with Crippen LogP contribution < -0.4 is 10.3 Å². The molecule has 12 heteroatoms. The molecule has 156 valence electrons. The van der Waals surface area contributed by atoms with Crippen molar-refractivity contribution in [3.05, 3.63) is 57.6 Å². The molecule has 2 aromatic carbocycles. The van der Waals surface area contributed by atoms with Gasteiger partial charge in [0, 0.05) is 4.83 Å². The van der Waals surface area contributed by atoms with E-state index in [4.69, 9.17) is 33.5 Å². The van der Waals surface area contributed by atoms with Crippen molar-refractivity contribution in [2.75, 3.05) is 0 Å². The molecule has 2 atom stereocenters. The molecule has 0 aromatic heterocycles. The second-order valence-corrected chi connectivity index (χ2v) is 11.0. The summed E-state index contributed by atoms with van der Waals surface area (Å²) < 4.78 is 44.3. The third kappa shape index (κ3) is 7.27. The molecule has 2 rings (SSSR count). The maximum Gasteiger partial charge on any atom is 0.239 e. The van der Waals surface area contributed by atoms with Crippen molar-refractivity contribution in [1.82, 2.24) is 0 Å². The van der Waals surface area contributed by atoms with Crippen LogP contribution in [-0.4, -0.2) is 21.9 Å². The van der Waals surface area contributed by atoms with E-state index >= 15 is 0 Å². The Hall–Kier alpha value is -0.720. The van der Waals surface area contributed by atoms with Crippen LogP contribution in [0.5, 0.6) is 0 Å². The number of aliphatic hydroxyl groups is 1. The molecule has 0 aliphatic heterocycles. The van der Waals surface area contributed by atoms with E-state index < -0.39 is 26.2 Å². The summed E-state index contributed by atoms with van der Waals surface area (Å²) in [6.07, 6.45) is -0.757. The predicted molar refractivity (Wildman–Crippen MR) is 114 cm³/mol. The van der Waals surface area contributed by atoms with Crippen LogP contribution in [0.1, 0.15) is 35.9 Å². The van der Waals surface area contributed by atoms with Crippen molar-refractivity contribution in [3.8, 4) is 0 Å². The molecule has 0 radical (unpaired) electrons. The summed E-state index contributed by atoms with van der Waals surface area (Å²) >= 11 is 14.7. The topological polar surface area (TPSA) is 141 Å². The lowest BCUT2D eigenvalue weighted by Crippen LogP contribution is -2.13. The Balaban J connectivity index is 0.000000280. The first-order chi connectivity index (χ1) is 12.6. The standard InChI is InChI=1S/C8H9BrClNO2S.C8H10ClNO3S/c1-5(9)6-2-3-7(10)8(4-6)14(11,12)13;1-5(11)6-2-3-7(9)8(4-6)14(10,12)13/h2-5H,1H3,(H2,11,12,13);2-5,11H,1H3,(H2,10,12,13). The Morgan fingerprint density at radius 1 is 0.857 bits per heavy atom. The van der Waals surface area contributed by atoms with Crippen molar-refractivity contribution in [3.63, 3.8) is 0 Å². The average Bonchev–Trinajstić information content (AvgIpc) is 2.53. The first-order valence-electron chi connectivity index (χ1n) is 7.61. The zero-order valence-corrected chi connectivity index (χ0v) is 19.5. The van der Waals surface area contributed by atoms with Crippen molar-refractivity contribution in [2.45, 2.75) is 34.6 Å². The van der Waals surface area contributed by atoms with Gasteiger partial charge in [0.1, 0.15) is 9.79 Å². The van der Waals surface area contributed by atoms with E-state index in [1.807, 2.05) is 6.92 Å². The number of hydrogen-bond acceptors (Lipinski definition) is 5. The Bertz CT molecular complexity index is 973. The summed E-state index contributed by atoms with van der Waals surface area (Å²) in [5, 5.41) is 19.4. The first kappa shape index (κ1) is 25.3. The number of nitrogens with two attached hydrogens (primary N) is 2. The number of halogens is 3. The maximum absolute atomic E-state index is 11.1. The Morgan fingerprint density at radius 3 is 1.54 bits per heavy atom. The van der Waals surface area contributed by atoms with E-state index in [1.54, 1.807) is 12.1 Å². The lowest BCUT2D eigenvalue weighted by molar-refractivity contribution is 0.199. The van der Waals surface area contributed by atoms with E-state index in [-0.39, 0.29) is 24.7 Å². The fraction of sp³-hybridized carbons (Fsp3) is 0.250. The molecule has 28 heavy (non-hydrogen) atoms. The highest BCUT2D eigenvalue weighted by molar-refractivity contribution is 9.09. The van der Waals surface area contributed by atoms with Crippen LogP contribution in [0.4, 0.5) is 0 Å². The summed E-state index contributed by atoms with van der Waals surface area (Å²) in [5.41, 5.74) is 1.27. The normalized spacial score (nSPS) is 14.0. The lowest BCUT2D eigenvalue weighted by atomic mass is 10.1. The molecule has 0 spiro atoms. The average molecular weight is 534 g/mol. The molecule has 0 aliphatic carbocycles. The highest BCUT2D eigenvalue weighted by atomic mass is 79.9. The van der Waals surface area contributed by atoms with E-state index in [2.05, 4.69) is 15.9 Å². The number of aliphatic hydroxyl groups excluding tert-OH is 1. The van der Waals surface area contributed by atoms with Gasteiger partial charge in [-0.05, 0) is 49.2 Å². The van der Waals surface area contributed by atoms with Gasteiger partial charge < -0.3 is 5.11 Å². The van der Waals surface area contributed by atoms with E-state index in [1.165, 1.54) is 31.2 Å². The van der Waals surface area contributed by atoms with Crippen LogP contribution >= 0.6 is 39.1 Å². The molecular weight excluding hydrogens is 515 g/mol. The third-order valence-corrected chi connectivity index (χ3v) is 6.78. The van der Waals surface area contributed by atoms with Gasteiger partial charge in [0.15, 0.2) is 0 Å². The molecule has 2 unspecified atom stereocenters. The van der Waals surface area contributed by atoms with E-state index in [9.17, 15) is 21.9 Å². The highest BCUT2D eigenvalue weighted by Crippen LogP contribution is 2.28. The van der Waals surface area contributed by atoms with Gasteiger partial charge in [-0.15, -0.1) is 0 Å². The molecule has 0 fully saturated rings. The quantitative estimate of drug-likeness (QED) is 0.516. The monoisotopic (exact) mass is 532 g/mol. The number of sulfonamides is 2. The van der Waals surface area contributed by atoms with Crippen molar-refractivity contribution in [1.29, 1.82) is 0 Å². The summed E-state index contributed by atoms with van der Waals surface area (Å²) in [4.78, 5) is -0.152. The van der Waals surface area contributed by atoms with Crippen molar-refractivity contribution >= 4 is 59.2 Å². The molecule has 0 bridgehead atoms. The molecule has 2 aromatic rings. The maximum atomic E-state index is 11.1. The number of rotatable bonds is 4. The zero-order chi connectivity index (χ0) is 21.9. The molecule has 5 N–H and O–H groups in total. The van der Waals surface area contributed by atoms with Gasteiger partial charge in [-0.3, -0.25) is 0 Å². The van der Waals surface area contributed by atoms with Crippen molar-refractivity contribution < 1.29 is 21.9 Å². The molecule has 0 saturated carbocycles. The van der Waals surface area contributed by atoms with Crippen LogP contribution in [0.2, 0.25) is 10.0 Å². The van der Waals surface area contributed by atoms with Gasteiger partial charge in [-0.25, -0.2) is 27.1 Å². The number of primary sulfonamides is 2. The summed E-state index contributed by atoms with van der Waals surface area (Å²) in [5.74, 6) is 0. The Labute approximate surface area is 182 Å². The molecule has 0 heterocycles. The smallest absolute Gasteiger partial charge is 0.239 e. The molecule has 0 amide bonds. The lowest BCUT2D eigenvalue weighted by Gasteiger charge is -2.07. The molecule has 0 saturated heterocycles. The number of alkyl halides is 1. The molecular formula is C16H19BrCl2N2O5S2.